The van der Waals surface area contributed by atoms with Gasteiger partial charge in [-0.1, -0.05) is 29.8 Å². The molecule has 0 aliphatic heterocycles. The molecule has 0 unspecified atom stereocenters. The molecule has 2 aromatic carbocycles. The van der Waals surface area contributed by atoms with Crippen LogP contribution in [0.5, 0.6) is 0 Å². The van der Waals surface area contributed by atoms with Gasteiger partial charge in [-0.05, 0) is 42.5 Å². The zero-order valence-electron chi connectivity index (χ0n) is 13.2. The van der Waals surface area contributed by atoms with E-state index >= 15 is 0 Å². The molecule has 5 heteroatoms. The number of hydrogen-bond donors (Lipinski definition) is 2. The largest absolute Gasteiger partial charge is 0.353 e. The standard InChI is InChI=1S/C20H14ClN3O/c21-13-5-7-14(8-6-13)23-20(25)10-9-15-11-17-16-3-1-2-4-18(16)24-19(17)12-22-15/h1-12,24H,(H,23,25)/b10-9+. The molecule has 4 aromatic rings. The minimum Gasteiger partial charge on any atom is -0.353 e. The number of anilines is 1. The van der Waals surface area contributed by atoms with Gasteiger partial charge >= 0.3 is 0 Å². The Morgan fingerprint density at radius 2 is 1.84 bits per heavy atom. The van der Waals surface area contributed by atoms with Crippen LogP contribution in [0.15, 0.2) is 66.9 Å². The summed E-state index contributed by atoms with van der Waals surface area (Å²) in [7, 11) is 0. The number of halogens is 1. The van der Waals surface area contributed by atoms with E-state index in [4.69, 9.17) is 11.6 Å². The first-order valence-electron chi connectivity index (χ1n) is 7.80. The van der Waals surface area contributed by atoms with Crippen molar-refractivity contribution >= 4 is 51.1 Å². The highest BCUT2D eigenvalue weighted by Crippen LogP contribution is 2.25. The predicted molar refractivity (Wildman–Crippen MR) is 103 cm³/mol. The third-order valence-corrected chi connectivity index (χ3v) is 4.18. The van der Waals surface area contributed by atoms with Crippen LogP contribution in [-0.4, -0.2) is 15.9 Å². The van der Waals surface area contributed by atoms with E-state index in [9.17, 15) is 4.79 Å². The van der Waals surface area contributed by atoms with Gasteiger partial charge in [-0.15, -0.1) is 0 Å². The molecule has 25 heavy (non-hydrogen) atoms. The molecule has 2 N–H and O–H groups in total. The Hall–Kier alpha value is -3.11. The highest BCUT2D eigenvalue weighted by atomic mass is 35.5. The van der Waals surface area contributed by atoms with Crippen molar-refractivity contribution in [3.63, 3.8) is 0 Å². The number of H-pyrrole nitrogens is 1. The molecule has 0 aliphatic carbocycles. The highest BCUT2D eigenvalue weighted by Gasteiger charge is 2.04. The van der Waals surface area contributed by atoms with Crippen LogP contribution >= 0.6 is 11.6 Å². The van der Waals surface area contributed by atoms with Gasteiger partial charge in [-0.2, -0.15) is 0 Å². The normalized spacial score (nSPS) is 11.4. The average molecular weight is 348 g/mol. The maximum absolute atomic E-state index is 12.0. The zero-order chi connectivity index (χ0) is 17.2. The molecule has 122 valence electrons. The van der Waals surface area contributed by atoms with Gasteiger partial charge in [0.1, 0.15) is 0 Å². The smallest absolute Gasteiger partial charge is 0.248 e. The molecule has 2 heterocycles. The Bertz CT molecular complexity index is 1100. The molecule has 1 amide bonds. The van der Waals surface area contributed by atoms with Crippen molar-refractivity contribution in [2.75, 3.05) is 5.32 Å². The van der Waals surface area contributed by atoms with Gasteiger partial charge in [0.15, 0.2) is 0 Å². The minimum absolute atomic E-state index is 0.219. The lowest BCUT2D eigenvalue weighted by Crippen LogP contribution is -2.07. The molecule has 0 radical (unpaired) electrons. The van der Waals surface area contributed by atoms with Crippen molar-refractivity contribution in [1.82, 2.24) is 9.97 Å². The number of para-hydroxylation sites is 1. The fraction of sp³-hybridized carbons (Fsp3) is 0. The van der Waals surface area contributed by atoms with Gasteiger partial charge in [0, 0.05) is 33.1 Å². The molecule has 0 atom stereocenters. The van der Waals surface area contributed by atoms with E-state index in [2.05, 4.69) is 21.4 Å². The molecule has 0 fully saturated rings. The van der Waals surface area contributed by atoms with E-state index in [-0.39, 0.29) is 5.91 Å². The predicted octanol–water partition coefficient (Wildman–Crippen LogP) is 5.02. The lowest BCUT2D eigenvalue weighted by molar-refractivity contribution is -0.111. The summed E-state index contributed by atoms with van der Waals surface area (Å²) in [4.78, 5) is 19.7. The summed E-state index contributed by atoms with van der Waals surface area (Å²) >= 11 is 5.83. The van der Waals surface area contributed by atoms with Crippen molar-refractivity contribution in [1.29, 1.82) is 0 Å². The fourth-order valence-electron chi connectivity index (χ4n) is 2.74. The summed E-state index contributed by atoms with van der Waals surface area (Å²) in [6, 6.07) is 17.0. The van der Waals surface area contributed by atoms with Crippen LogP contribution < -0.4 is 5.32 Å². The SMILES string of the molecule is O=C(/C=C/c1cc2c(cn1)[nH]c1ccccc12)Nc1ccc(Cl)cc1. The Balaban J connectivity index is 1.57. The second kappa shape index (κ2) is 6.42. The number of fused-ring (bicyclic) bond motifs is 3. The lowest BCUT2D eigenvalue weighted by Gasteiger charge is -2.01. The van der Waals surface area contributed by atoms with E-state index in [1.807, 2.05) is 24.3 Å². The molecule has 4 nitrogen and oxygen atoms in total. The second-order valence-electron chi connectivity index (χ2n) is 5.65. The number of rotatable bonds is 3. The zero-order valence-corrected chi connectivity index (χ0v) is 13.9. The molecule has 0 saturated heterocycles. The topological polar surface area (TPSA) is 57.8 Å². The first-order valence-corrected chi connectivity index (χ1v) is 8.18. The van der Waals surface area contributed by atoms with Crippen molar-refractivity contribution in [3.8, 4) is 0 Å². The molecule has 0 bridgehead atoms. The Morgan fingerprint density at radius 3 is 2.68 bits per heavy atom. The van der Waals surface area contributed by atoms with Gasteiger partial charge in [0.05, 0.1) is 17.4 Å². The maximum Gasteiger partial charge on any atom is 0.248 e. The minimum atomic E-state index is -0.219. The number of aromatic amines is 1. The van der Waals surface area contributed by atoms with Crippen LogP contribution in [0.25, 0.3) is 27.9 Å². The number of amides is 1. The van der Waals surface area contributed by atoms with Crippen LogP contribution in [0.3, 0.4) is 0 Å². The summed E-state index contributed by atoms with van der Waals surface area (Å²) in [6.45, 7) is 0. The van der Waals surface area contributed by atoms with Crippen LogP contribution in [0.2, 0.25) is 5.02 Å². The number of benzene rings is 2. The summed E-state index contributed by atoms with van der Waals surface area (Å²) in [5, 5.41) is 5.64. The van der Waals surface area contributed by atoms with Crippen molar-refractivity contribution in [3.05, 3.63) is 77.6 Å². The Kier molecular flexibility index (Phi) is 3.96. The molecule has 0 saturated carbocycles. The Morgan fingerprint density at radius 1 is 1.04 bits per heavy atom. The molecule has 2 aromatic heterocycles. The number of hydrogen-bond acceptors (Lipinski definition) is 2. The molecular weight excluding hydrogens is 334 g/mol. The molecular formula is C20H14ClN3O. The number of nitrogens with zero attached hydrogens (tertiary/aromatic N) is 1. The number of carbonyl (C=O) groups is 1. The van der Waals surface area contributed by atoms with E-state index in [1.54, 1.807) is 36.5 Å². The van der Waals surface area contributed by atoms with E-state index < -0.39 is 0 Å². The van der Waals surface area contributed by atoms with Crippen molar-refractivity contribution < 1.29 is 4.79 Å². The summed E-state index contributed by atoms with van der Waals surface area (Å²) in [6.07, 6.45) is 4.95. The third kappa shape index (κ3) is 3.25. The quantitative estimate of drug-likeness (QED) is 0.511. The van der Waals surface area contributed by atoms with E-state index in [0.717, 1.165) is 27.5 Å². The number of pyridine rings is 1. The third-order valence-electron chi connectivity index (χ3n) is 3.93. The lowest BCUT2D eigenvalue weighted by atomic mass is 10.1. The summed E-state index contributed by atoms with van der Waals surface area (Å²) in [5.41, 5.74) is 3.47. The van der Waals surface area contributed by atoms with E-state index in [1.165, 1.54) is 6.08 Å². The van der Waals surface area contributed by atoms with Crippen molar-refractivity contribution in [2.24, 2.45) is 0 Å². The van der Waals surface area contributed by atoms with Crippen LogP contribution in [0.1, 0.15) is 5.69 Å². The fourth-order valence-corrected chi connectivity index (χ4v) is 2.86. The first kappa shape index (κ1) is 15.4. The van der Waals surface area contributed by atoms with E-state index in [0.29, 0.717) is 10.7 Å². The van der Waals surface area contributed by atoms with Gasteiger partial charge in [0.25, 0.3) is 0 Å². The maximum atomic E-state index is 12.0. The molecule has 4 rings (SSSR count). The summed E-state index contributed by atoms with van der Waals surface area (Å²) in [5.74, 6) is -0.219. The highest BCUT2D eigenvalue weighted by molar-refractivity contribution is 6.30. The average Bonchev–Trinajstić information content (AvgIpc) is 3.00. The molecule has 0 spiro atoms. The van der Waals surface area contributed by atoms with Crippen molar-refractivity contribution in [2.45, 2.75) is 0 Å². The molecule has 0 aliphatic rings. The first-order chi connectivity index (χ1) is 12.2. The number of nitrogens with one attached hydrogen (secondary N) is 2. The second-order valence-corrected chi connectivity index (χ2v) is 6.09. The van der Waals surface area contributed by atoms with Crippen LogP contribution in [0, 0.1) is 0 Å². The summed E-state index contributed by atoms with van der Waals surface area (Å²) < 4.78 is 0. The van der Waals surface area contributed by atoms with Gasteiger partial charge in [0.2, 0.25) is 5.91 Å². The van der Waals surface area contributed by atoms with Gasteiger partial charge in [-0.25, -0.2) is 0 Å². The number of aromatic nitrogens is 2. The monoisotopic (exact) mass is 347 g/mol. The Labute approximate surface area is 149 Å². The van der Waals surface area contributed by atoms with Gasteiger partial charge < -0.3 is 10.3 Å². The van der Waals surface area contributed by atoms with Gasteiger partial charge in [-0.3, -0.25) is 9.78 Å². The van der Waals surface area contributed by atoms with Crippen LogP contribution in [0.4, 0.5) is 5.69 Å². The number of carbonyl (C=O) groups excluding carboxylic acids is 1. The van der Waals surface area contributed by atoms with Crippen LogP contribution in [-0.2, 0) is 4.79 Å².